The Hall–Kier alpha value is -3.12. The molecule has 2 heterocycles. The molecule has 0 bridgehead atoms. The van der Waals surface area contributed by atoms with Crippen LogP contribution in [0.1, 0.15) is 11.5 Å². The maximum absolute atomic E-state index is 12.9. The number of ether oxygens (including phenoxy) is 1. The molecule has 0 saturated carbocycles. The molecule has 6 heteroatoms. The van der Waals surface area contributed by atoms with Gasteiger partial charge in [0.2, 0.25) is 5.91 Å². The minimum absolute atomic E-state index is 0.0203. The number of hydrogen-bond acceptors (Lipinski definition) is 4. The number of nitrogens with one attached hydrogen (secondary N) is 3. The predicted molar refractivity (Wildman–Crippen MR) is 105 cm³/mol. The summed E-state index contributed by atoms with van der Waals surface area (Å²) >= 11 is 0. The van der Waals surface area contributed by atoms with Crippen LogP contribution in [0.5, 0.6) is 5.75 Å². The molecule has 0 unspecified atom stereocenters. The first-order valence-electron chi connectivity index (χ1n) is 9.00. The van der Waals surface area contributed by atoms with Crippen molar-refractivity contribution < 1.29 is 9.53 Å². The molecule has 6 nitrogen and oxygen atoms in total. The average Bonchev–Trinajstić information content (AvgIpc) is 3.40. The molecule has 27 heavy (non-hydrogen) atoms. The van der Waals surface area contributed by atoms with E-state index in [9.17, 15) is 4.79 Å². The number of H-pyrrole nitrogens is 1. The quantitative estimate of drug-likeness (QED) is 0.652. The van der Waals surface area contributed by atoms with Crippen LogP contribution in [0.2, 0.25) is 0 Å². The maximum atomic E-state index is 12.9. The fourth-order valence-corrected chi connectivity index (χ4v) is 3.65. The highest BCUT2D eigenvalue weighted by atomic mass is 16.5. The van der Waals surface area contributed by atoms with Gasteiger partial charge in [0.05, 0.1) is 19.2 Å². The van der Waals surface area contributed by atoms with Crippen molar-refractivity contribution in [2.24, 2.45) is 5.92 Å². The van der Waals surface area contributed by atoms with Gasteiger partial charge in [-0.2, -0.15) is 5.10 Å². The van der Waals surface area contributed by atoms with Gasteiger partial charge >= 0.3 is 0 Å². The molecule has 1 aromatic heterocycles. The third-order valence-corrected chi connectivity index (χ3v) is 5.06. The molecule has 1 aliphatic rings. The lowest BCUT2D eigenvalue weighted by atomic mass is 9.88. The minimum Gasteiger partial charge on any atom is -0.496 e. The summed E-state index contributed by atoms with van der Waals surface area (Å²) < 4.78 is 5.50. The number of carbonyl (C=O) groups is 1. The van der Waals surface area contributed by atoms with Crippen LogP contribution in [-0.4, -0.2) is 36.3 Å². The summed E-state index contributed by atoms with van der Waals surface area (Å²) in [5.74, 6) is 0.788. The number of rotatable bonds is 5. The molecule has 3 N–H and O–H groups in total. The van der Waals surface area contributed by atoms with Gasteiger partial charge in [-0.3, -0.25) is 9.89 Å². The van der Waals surface area contributed by atoms with Crippen molar-refractivity contribution in [2.75, 3.05) is 25.5 Å². The van der Waals surface area contributed by atoms with E-state index in [1.54, 1.807) is 13.3 Å². The second-order valence-corrected chi connectivity index (χ2v) is 6.67. The minimum atomic E-state index is -0.105. The smallest absolute Gasteiger partial charge is 0.229 e. The van der Waals surface area contributed by atoms with Crippen LogP contribution in [0.25, 0.3) is 11.1 Å². The standard InChI is InChI=1S/C21H22N4O2/c1-27-20-9-16(7-8-17(20)15-10-23-24-11-15)25-21(26)19-13-22-12-18(19)14-5-3-2-4-6-14/h2-11,18-19,22H,12-13H2,1H3,(H,23,24)(H,25,26)/t18-,19+/m1/s1. The number of hydrogen-bond donors (Lipinski definition) is 3. The molecule has 138 valence electrons. The second-order valence-electron chi connectivity index (χ2n) is 6.67. The van der Waals surface area contributed by atoms with Gasteiger partial charge in [-0.1, -0.05) is 30.3 Å². The van der Waals surface area contributed by atoms with Crippen molar-refractivity contribution in [3.63, 3.8) is 0 Å². The number of nitrogens with zero attached hydrogens (tertiary/aromatic N) is 1. The normalized spacial score (nSPS) is 19.0. The van der Waals surface area contributed by atoms with E-state index in [-0.39, 0.29) is 17.7 Å². The van der Waals surface area contributed by atoms with Gasteiger partial charge in [0.25, 0.3) is 0 Å². The molecule has 0 radical (unpaired) electrons. The van der Waals surface area contributed by atoms with E-state index in [0.717, 1.165) is 23.4 Å². The van der Waals surface area contributed by atoms with Crippen molar-refractivity contribution >= 4 is 11.6 Å². The summed E-state index contributed by atoms with van der Waals surface area (Å²) in [6.45, 7) is 1.49. The number of aromatic amines is 1. The third-order valence-electron chi connectivity index (χ3n) is 5.06. The number of amides is 1. The third kappa shape index (κ3) is 3.57. The summed E-state index contributed by atoms with van der Waals surface area (Å²) in [4.78, 5) is 12.9. The van der Waals surface area contributed by atoms with Crippen LogP contribution in [-0.2, 0) is 4.79 Å². The Morgan fingerprint density at radius 2 is 2.04 bits per heavy atom. The monoisotopic (exact) mass is 362 g/mol. The molecule has 4 rings (SSSR count). The first-order valence-corrected chi connectivity index (χ1v) is 9.00. The fourth-order valence-electron chi connectivity index (χ4n) is 3.65. The number of methoxy groups -OCH3 is 1. The Balaban J connectivity index is 1.52. The van der Waals surface area contributed by atoms with Crippen LogP contribution in [0, 0.1) is 5.92 Å². The molecule has 1 saturated heterocycles. The van der Waals surface area contributed by atoms with Crippen molar-refractivity contribution in [2.45, 2.75) is 5.92 Å². The maximum Gasteiger partial charge on any atom is 0.229 e. The zero-order chi connectivity index (χ0) is 18.6. The molecule has 3 aromatic rings. The second kappa shape index (κ2) is 7.63. The van der Waals surface area contributed by atoms with E-state index in [1.165, 1.54) is 5.56 Å². The lowest BCUT2D eigenvalue weighted by molar-refractivity contribution is -0.119. The summed E-state index contributed by atoms with van der Waals surface area (Å²) in [5, 5.41) is 13.2. The van der Waals surface area contributed by atoms with Gasteiger partial charge < -0.3 is 15.4 Å². The van der Waals surface area contributed by atoms with Crippen LogP contribution < -0.4 is 15.4 Å². The van der Waals surface area contributed by atoms with Gasteiger partial charge in [0, 0.05) is 48.1 Å². The summed E-state index contributed by atoms with van der Waals surface area (Å²) in [5.41, 5.74) is 3.78. The zero-order valence-corrected chi connectivity index (χ0v) is 15.1. The molecule has 2 aromatic carbocycles. The van der Waals surface area contributed by atoms with Crippen LogP contribution in [0.15, 0.2) is 60.9 Å². The molecule has 1 amide bonds. The molecular formula is C21H22N4O2. The number of carbonyl (C=O) groups excluding carboxylic acids is 1. The average molecular weight is 362 g/mol. The summed E-state index contributed by atoms with van der Waals surface area (Å²) in [6.07, 6.45) is 3.55. The van der Waals surface area contributed by atoms with Crippen molar-refractivity contribution in [1.29, 1.82) is 0 Å². The topological polar surface area (TPSA) is 79.0 Å². The van der Waals surface area contributed by atoms with Gasteiger partial charge in [0.1, 0.15) is 5.75 Å². The van der Waals surface area contributed by atoms with E-state index in [1.807, 2.05) is 42.6 Å². The molecule has 0 spiro atoms. The highest BCUT2D eigenvalue weighted by Gasteiger charge is 2.33. The summed E-state index contributed by atoms with van der Waals surface area (Å²) in [6, 6.07) is 15.9. The summed E-state index contributed by atoms with van der Waals surface area (Å²) in [7, 11) is 1.62. The Labute approximate surface area is 158 Å². The van der Waals surface area contributed by atoms with Crippen LogP contribution in [0.4, 0.5) is 5.69 Å². The molecule has 1 aliphatic heterocycles. The zero-order valence-electron chi connectivity index (χ0n) is 15.1. The molecule has 1 fully saturated rings. The lowest BCUT2D eigenvalue weighted by Crippen LogP contribution is -2.28. The first-order chi connectivity index (χ1) is 13.3. The Morgan fingerprint density at radius 3 is 2.78 bits per heavy atom. The predicted octanol–water partition coefficient (Wildman–Crippen LogP) is 3.03. The number of benzene rings is 2. The highest BCUT2D eigenvalue weighted by Crippen LogP contribution is 2.33. The van der Waals surface area contributed by atoms with Crippen molar-refractivity contribution in [3.8, 4) is 16.9 Å². The Bertz CT molecular complexity index is 909. The van der Waals surface area contributed by atoms with E-state index in [0.29, 0.717) is 12.3 Å². The van der Waals surface area contributed by atoms with Gasteiger partial charge in [-0.15, -0.1) is 0 Å². The number of aromatic nitrogens is 2. The molecule has 2 atom stereocenters. The highest BCUT2D eigenvalue weighted by molar-refractivity contribution is 5.94. The van der Waals surface area contributed by atoms with Gasteiger partial charge in [-0.05, 0) is 17.7 Å². The fraction of sp³-hybridized carbons (Fsp3) is 0.238. The SMILES string of the molecule is COc1cc(NC(=O)[C@H]2CNC[C@@H]2c2ccccc2)ccc1-c1cn[nH]c1. The van der Waals surface area contributed by atoms with E-state index < -0.39 is 0 Å². The Morgan fingerprint density at radius 1 is 1.19 bits per heavy atom. The largest absolute Gasteiger partial charge is 0.496 e. The van der Waals surface area contributed by atoms with Gasteiger partial charge in [0.15, 0.2) is 0 Å². The first kappa shape index (κ1) is 17.3. The van der Waals surface area contributed by atoms with E-state index >= 15 is 0 Å². The molecule has 0 aliphatic carbocycles. The Kier molecular flexibility index (Phi) is 4.89. The van der Waals surface area contributed by atoms with Crippen molar-refractivity contribution in [1.82, 2.24) is 15.5 Å². The van der Waals surface area contributed by atoms with Crippen molar-refractivity contribution in [3.05, 3.63) is 66.5 Å². The lowest BCUT2D eigenvalue weighted by Gasteiger charge is -2.19. The van der Waals surface area contributed by atoms with E-state index in [4.69, 9.17) is 4.74 Å². The van der Waals surface area contributed by atoms with Crippen LogP contribution in [0.3, 0.4) is 0 Å². The van der Waals surface area contributed by atoms with E-state index in [2.05, 4.69) is 33.0 Å². The molecular weight excluding hydrogens is 340 g/mol. The van der Waals surface area contributed by atoms with Crippen LogP contribution >= 0.6 is 0 Å². The number of anilines is 1. The van der Waals surface area contributed by atoms with Gasteiger partial charge in [-0.25, -0.2) is 0 Å².